The maximum Gasteiger partial charge on any atom is 0.203 e. The first-order chi connectivity index (χ1) is 11.2. The van der Waals surface area contributed by atoms with Crippen molar-refractivity contribution in [1.29, 1.82) is 0 Å². The van der Waals surface area contributed by atoms with Crippen molar-refractivity contribution in [3.63, 3.8) is 0 Å². The minimum absolute atomic E-state index is 0.278. The molecule has 0 saturated carbocycles. The van der Waals surface area contributed by atoms with Crippen LogP contribution in [0.25, 0.3) is 0 Å². The van der Waals surface area contributed by atoms with Gasteiger partial charge in [-0.3, -0.25) is 0 Å². The third-order valence-electron chi connectivity index (χ3n) is 3.69. The van der Waals surface area contributed by atoms with Crippen LogP contribution in [-0.4, -0.2) is 27.9 Å². The quantitative estimate of drug-likeness (QED) is 0.874. The average molecular weight is 317 g/mol. The van der Waals surface area contributed by atoms with Gasteiger partial charge in [0.2, 0.25) is 5.75 Å². The van der Waals surface area contributed by atoms with Crippen LogP contribution in [0, 0.1) is 0 Å². The standard InChI is InChI=1S/C17H19NO5/c1-19-14-6-10(7-15(20-2)17(14)21-3)16-9-22-13-8-11(18)4-5-12(13)23-16/h4-8,16H,9,18H2,1-3H3. The molecule has 6 nitrogen and oxygen atoms in total. The van der Waals surface area contributed by atoms with Gasteiger partial charge in [0.15, 0.2) is 29.1 Å². The summed E-state index contributed by atoms with van der Waals surface area (Å²) in [5, 5.41) is 0. The van der Waals surface area contributed by atoms with E-state index in [1.54, 1.807) is 39.5 Å². The molecule has 0 bridgehead atoms. The fraction of sp³-hybridized carbons (Fsp3) is 0.294. The summed E-state index contributed by atoms with van der Waals surface area (Å²) in [6.07, 6.45) is -0.278. The Morgan fingerprint density at radius 1 is 0.957 bits per heavy atom. The third-order valence-corrected chi connectivity index (χ3v) is 3.69. The largest absolute Gasteiger partial charge is 0.493 e. The molecule has 3 rings (SSSR count). The second kappa shape index (κ2) is 6.16. The minimum atomic E-state index is -0.278. The molecule has 1 aliphatic heterocycles. The van der Waals surface area contributed by atoms with Crippen molar-refractivity contribution in [3.05, 3.63) is 35.9 Å². The van der Waals surface area contributed by atoms with Crippen LogP contribution in [0.2, 0.25) is 0 Å². The number of fused-ring (bicyclic) bond motifs is 1. The van der Waals surface area contributed by atoms with Crippen molar-refractivity contribution in [2.24, 2.45) is 0 Å². The zero-order valence-electron chi connectivity index (χ0n) is 13.3. The molecule has 0 fully saturated rings. The van der Waals surface area contributed by atoms with E-state index >= 15 is 0 Å². The van der Waals surface area contributed by atoms with Gasteiger partial charge in [-0.25, -0.2) is 0 Å². The van der Waals surface area contributed by atoms with Gasteiger partial charge in [-0.15, -0.1) is 0 Å². The highest BCUT2D eigenvalue weighted by Gasteiger charge is 2.25. The normalized spacial score (nSPS) is 15.9. The van der Waals surface area contributed by atoms with E-state index in [-0.39, 0.29) is 6.10 Å². The molecule has 1 heterocycles. The van der Waals surface area contributed by atoms with Crippen LogP contribution in [0.1, 0.15) is 11.7 Å². The number of methoxy groups -OCH3 is 3. The number of hydrogen-bond acceptors (Lipinski definition) is 6. The van der Waals surface area contributed by atoms with Crippen molar-refractivity contribution >= 4 is 5.69 Å². The SMILES string of the molecule is COc1cc(C2COc3cc(N)ccc3O2)cc(OC)c1OC. The van der Waals surface area contributed by atoms with E-state index < -0.39 is 0 Å². The molecule has 1 unspecified atom stereocenters. The van der Waals surface area contributed by atoms with Crippen molar-refractivity contribution in [2.75, 3.05) is 33.7 Å². The molecule has 2 aromatic carbocycles. The monoisotopic (exact) mass is 317 g/mol. The lowest BCUT2D eigenvalue weighted by atomic mass is 10.1. The lowest BCUT2D eigenvalue weighted by Crippen LogP contribution is -2.21. The maximum atomic E-state index is 6.01. The zero-order chi connectivity index (χ0) is 16.4. The Morgan fingerprint density at radius 2 is 1.65 bits per heavy atom. The molecule has 2 aromatic rings. The molecule has 0 amide bonds. The Bertz CT molecular complexity index is 691. The van der Waals surface area contributed by atoms with Gasteiger partial charge in [0, 0.05) is 17.3 Å². The fourth-order valence-electron chi connectivity index (χ4n) is 2.54. The summed E-state index contributed by atoms with van der Waals surface area (Å²) < 4.78 is 27.9. The second-order valence-electron chi connectivity index (χ2n) is 5.08. The van der Waals surface area contributed by atoms with Crippen LogP contribution in [0.3, 0.4) is 0 Å². The molecule has 1 aliphatic rings. The summed E-state index contributed by atoms with van der Waals surface area (Å²) in [4.78, 5) is 0. The number of nitrogen functional groups attached to an aromatic ring is 1. The summed E-state index contributed by atoms with van der Waals surface area (Å²) in [5.74, 6) is 3.00. The van der Waals surface area contributed by atoms with E-state index in [4.69, 9.17) is 29.4 Å². The van der Waals surface area contributed by atoms with Crippen LogP contribution in [0.4, 0.5) is 5.69 Å². The first-order valence-electron chi connectivity index (χ1n) is 7.15. The highest BCUT2D eigenvalue weighted by molar-refractivity contribution is 5.56. The fourth-order valence-corrected chi connectivity index (χ4v) is 2.54. The van der Waals surface area contributed by atoms with Crippen LogP contribution < -0.4 is 29.4 Å². The summed E-state index contributed by atoms with van der Waals surface area (Å²) in [6, 6.07) is 9.05. The van der Waals surface area contributed by atoms with Crippen LogP contribution >= 0.6 is 0 Å². The molecule has 1 atom stereocenters. The Kier molecular flexibility index (Phi) is 4.06. The van der Waals surface area contributed by atoms with Gasteiger partial charge in [-0.05, 0) is 24.3 Å². The van der Waals surface area contributed by atoms with Crippen molar-refractivity contribution < 1.29 is 23.7 Å². The molecule has 0 saturated heterocycles. The smallest absolute Gasteiger partial charge is 0.203 e. The molecule has 0 spiro atoms. The molecule has 2 N–H and O–H groups in total. The first kappa shape index (κ1) is 15.1. The van der Waals surface area contributed by atoms with Gasteiger partial charge in [-0.2, -0.15) is 0 Å². The van der Waals surface area contributed by atoms with Gasteiger partial charge in [0.05, 0.1) is 21.3 Å². The van der Waals surface area contributed by atoms with Crippen molar-refractivity contribution in [2.45, 2.75) is 6.10 Å². The molecule has 6 heteroatoms. The molecule has 0 aromatic heterocycles. The first-order valence-corrected chi connectivity index (χ1v) is 7.15. The molecular weight excluding hydrogens is 298 g/mol. The number of benzene rings is 2. The van der Waals surface area contributed by atoms with Gasteiger partial charge in [0.1, 0.15) is 6.61 Å². The Hall–Kier alpha value is -2.76. The lowest BCUT2D eigenvalue weighted by Gasteiger charge is -2.27. The Balaban J connectivity index is 1.95. The van der Waals surface area contributed by atoms with Gasteiger partial charge in [-0.1, -0.05) is 0 Å². The van der Waals surface area contributed by atoms with Crippen LogP contribution in [0.15, 0.2) is 30.3 Å². The van der Waals surface area contributed by atoms with Crippen LogP contribution in [0.5, 0.6) is 28.7 Å². The number of nitrogens with two attached hydrogens (primary N) is 1. The van der Waals surface area contributed by atoms with Gasteiger partial charge in [0.25, 0.3) is 0 Å². The molecule has 0 radical (unpaired) electrons. The molecule has 122 valence electrons. The van der Waals surface area contributed by atoms with Crippen LogP contribution in [-0.2, 0) is 0 Å². The second-order valence-corrected chi connectivity index (χ2v) is 5.08. The zero-order valence-corrected chi connectivity index (χ0v) is 13.3. The van der Waals surface area contributed by atoms with E-state index in [1.807, 2.05) is 12.1 Å². The van der Waals surface area contributed by atoms with E-state index in [1.165, 1.54) is 0 Å². The molecule has 23 heavy (non-hydrogen) atoms. The maximum absolute atomic E-state index is 6.01. The van der Waals surface area contributed by atoms with E-state index in [0.29, 0.717) is 41.0 Å². The van der Waals surface area contributed by atoms with Crippen molar-refractivity contribution in [1.82, 2.24) is 0 Å². The summed E-state index contributed by atoms with van der Waals surface area (Å²) in [7, 11) is 4.73. The molecule has 0 aliphatic carbocycles. The topological polar surface area (TPSA) is 72.2 Å². The number of rotatable bonds is 4. The highest BCUT2D eigenvalue weighted by Crippen LogP contribution is 2.43. The van der Waals surface area contributed by atoms with Crippen molar-refractivity contribution in [3.8, 4) is 28.7 Å². The predicted octanol–water partition coefficient (Wildman–Crippen LogP) is 2.81. The van der Waals surface area contributed by atoms with Gasteiger partial charge >= 0.3 is 0 Å². The summed E-state index contributed by atoms with van der Waals surface area (Å²) >= 11 is 0. The van der Waals surface area contributed by atoms with E-state index in [9.17, 15) is 0 Å². The third kappa shape index (κ3) is 2.79. The number of hydrogen-bond donors (Lipinski definition) is 1. The van der Waals surface area contributed by atoms with E-state index in [2.05, 4.69) is 0 Å². The molecular formula is C17H19NO5. The number of ether oxygens (including phenoxy) is 5. The van der Waals surface area contributed by atoms with E-state index in [0.717, 1.165) is 5.56 Å². The lowest BCUT2D eigenvalue weighted by molar-refractivity contribution is 0.0909. The van der Waals surface area contributed by atoms with Gasteiger partial charge < -0.3 is 29.4 Å². The Morgan fingerprint density at radius 3 is 2.26 bits per heavy atom. The highest BCUT2D eigenvalue weighted by atomic mass is 16.6. The Labute approximate surface area is 134 Å². The minimum Gasteiger partial charge on any atom is -0.493 e. The summed E-state index contributed by atoms with van der Waals surface area (Å²) in [5.41, 5.74) is 7.27. The average Bonchev–Trinajstić information content (AvgIpc) is 2.59. The summed E-state index contributed by atoms with van der Waals surface area (Å²) in [6.45, 7) is 0.370. The predicted molar refractivity (Wildman–Crippen MR) is 85.8 cm³/mol. The number of anilines is 1.